The maximum absolute atomic E-state index is 11.7. The molecule has 0 bridgehead atoms. The Morgan fingerprint density at radius 3 is 1.00 bits per heavy atom. The van der Waals surface area contributed by atoms with Crippen molar-refractivity contribution in [2.45, 2.75) is 78.2 Å². The van der Waals surface area contributed by atoms with Crippen LogP contribution in [-0.4, -0.2) is 57.1 Å². The molecular formula is C15H36F6O6P2Si3. The van der Waals surface area contributed by atoms with Crippen LogP contribution in [0.2, 0.25) is 58.9 Å². The highest BCUT2D eigenvalue weighted by molar-refractivity contribution is 7.47. The van der Waals surface area contributed by atoms with Crippen LogP contribution in [0.3, 0.4) is 0 Å². The lowest BCUT2D eigenvalue weighted by Gasteiger charge is -2.32. The van der Waals surface area contributed by atoms with Crippen molar-refractivity contribution in [3.8, 4) is 0 Å². The van der Waals surface area contributed by atoms with Crippen molar-refractivity contribution in [3.05, 3.63) is 0 Å². The molecule has 0 unspecified atom stereocenters. The van der Waals surface area contributed by atoms with Crippen molar-refractivity contribution in [3.63, 3.8) is 0 Å². The van der Waals surface area contributed by atoms with E-state index in [2.05, 4.69) is 72.5 Å². The molecule has 0 fully saturated rings. The minimum atomic E-state index is -4.64. The third-order valence-electron chi connectivity index (χ3n) is 1.95. The molecule has 0 radical (unpaired) electrons. The molecule has 0 saturated carbocycles. The van der Waals surface area contributed by atoms with Gasteiger partial charge in [-0.15, -0.1) is 0 Å². The van der Waals surface area contributed by atoms with Gasteiger partial charge in [0.25, 0.3) is 8.60 Å². The van der Waals surface area contributed by atoms with Gasteiger partial charge < -0.3 is 26.2 Å². The zero-order valence-corrected chi connectivity index (χ0v) is 25.0. The summed E-state index contributed by atoms with van der Waals surface area (Å²) in [5.41, 5.74) is 0. The van der Waals surface area contributed by atoms with Gasteiger partial charge in [0.05, 0.1) is 6.61 Å². The van der Waals surface area contributed by atoms with Crippen molar-refractivity contribution in [2.75, 3.05) is 19.8 Å². The van der Waals surface area contributed by atoms with E-state index in [4.69, 9.17) is 12.6 Å². The molecule has 17 heteroatoms. The molecule has 0 heterocycles. The molecule has 0 aliphatic heterocycles. The summed E-state index contributed by atoms with van der Waals surface area (Å²) >= 11 is 0. The highest BCUT2D eigenvalue weighted by Crippen LogP contribution is 2.47. The topological polar surface area (TPSA) is 55.4 Å². The predicted molar refractivity (Wildman–Crippen MR) is 123 cm³/mol. The third-order valence-corrected chi connectivity index (χ3v) is 11.5. The van der Waals surface area contributed by atoms with Crippen LogP contribution in [0.15, 0.2) is 0 Å². The highest BCUT2D eigenvalue weighted by Gasteiger charge is 2.34. The first kappa shape index (κ1) is 35.0. The molecule has 0 atom stereocenters. The molecule has 0 saturated heterocycles. The van der Waals surface area contributed by atoms with Crippen LogP contribution < -0.4 is 0 Å². The Kier molecular flexibility index (Phi) is 15.8. The number of alkyl halides is 6. The van der Waals surface area contributed by atoms with Gasteiger partial charge in [0, 0.05) is 0 Å². The van der Waals surface area contributed by atoms with Crippen LogP contribution >= 0.6 is 17.2 Å². The molecule has 0 spiro atoms. The Morgan fingerprint density at radius 2 is 0.812 bits per heavy atom. The quantitative estimate of drug-likeness (QED) is 0.134. The average molecular weight is 573 g/mol. The van der Waals surface area contributed by atoms with Crippen LogP contribution in [-0.2, 0) is 26.2 Å². The summed E-state index contributed by atoms with van der Waals surface area (Å²) in [4.78, 5) is 0. The van der Waals surface area contributed by atoms with E-state index in [1.54, 1.807) is 0 Å². The summed E-state index contributed by atoms with van der Waals surface area (Å²) in [5, 5.41) is 0. The number of rotatable bonds is 12. The summed E-state index contributed by atoms with van der Waals surface area (Å²) < 4.78 is 101. The van der Waals surface area contributed by atoms with E-state index in [1.165, 1.54) is 6.92 Å². The summed E-state index contributed by atoms with van der Waals surface area (Å²) in [6, 6.07) is 0. The Morgan fingerprint density at radius 1 is 0.531 bits per heavy atom. The van der Waals surface area contributed by atoms with Gasteiger partial charge >= 0.3 is 21.0 Å². The average Bonchev–Trinajstić information content (AvgIpc) is 2.43. The number of hydrogen-bond acceptors (Lipinski definition) is 6. The van der Waals surface area contributed by atoms with Crippen LogP contribution in [0.4, 0.5) is 26.3 Å². The van der Waals surface area contributed by atoms with Gasteiger partial charge in [-0.05, 0) is 65.8 Å². The molecule has 0 aromatic carbocycles. The van der Waals surface area contributed by atoms with E-state index < -0.39 is 67.7 Å². The third kappa shape index (κ3) is 28.9. The molecule has 0 aliphatic carbocycles. The fourth-order valence-electron chi connectivity index (χ4n) is 1.20. The van der Waals surface area contributed by atoms with Crippen molar-refractivity contribution >= 4 is 42.2 Å². The normalized spacial score (nSPS) is 14.1. The second-order valence-electron chi connectivity index (χ2n) is 9.25. The second kappa shape index (κ2) is 14.4. The van der Waals surface area contributed by atoms with Gasteiger partial charge in [-0.3, -0.25) is 0 Å². The molecule has 0 aromatic heterocycles. The highest BCUT2D eigenvalue weighted by atomic mass is 31.2. The van der Waals surface area contributed by atoms with Crippen molar-refractivity contribution in [2.24, 2.45) is 0 Å². The maximum atomic E-state index is 11.7. The van der Waals surface area contributed by atoms with E-state index in [0.717, 1.165) is 0 Å². The maximum Gasteiger partial charge on any atom is 0.412 e. The first-order valence-electron chi connectivity index (χ1n) is 9.62. The molecule has 0 rings (SSSR count). The smallest absolute Gasteiger partial charge is 0.356 e. The first-order valence-corrected chi connectivity index (χ1v) is 22.0. The van der Waals surface area contributed by atoms with Crippen LogP contribution in [0.5, 0.6) is 0 Å². The van der Waals surface area contributed by atoms with E-state index in [0.29, 0.717) is 0 Å². The lowest BCUT2D eigenvalue weighted by atomic mass is 10.7. The molecule has 0 amide bonds. The molecule has 0 aromatic rings. The molecule has 6 nitrogen and oxygen atoms in total. The van der Waals surface area contributed by atoms with E-state index in [1.807, 2.05) is 0 Å². The Bertz CT molecular complexity index is 454. The molecular weight excluding hydrogens is 536 g/mol. The SMILES string of the molecule is CCOP(OCC(F)(F)F)OCC(F)(F)F.C[Si](C)(C)OP(O[Si](C)(C)C)O[Si](C)(C)C. The van der Waals surface area contributed by atoms with Gasteiger partial charge in [0.2, 0.25) is 0 Å². The van der Waals surface area contributed by atoms with Crippen LogP contribution in [0.25, 0.3) is 0 Å². The number of halogens is 6. The predicted octanol–water partition coefficient (Wildman–Crippen LogP) is 8.18. The van der Waals surface area contributed by atoms with Crippen LogP contribution in [0.1, 0.15) is 6.92 Å². The van der Waals surface area contributed by atoms with Crippen molar-refractivity contribution in [1.82, 2.24) is 0 Å². The minimum Gasteiger partial charge on any atom is -0.356 e. The largest absolute Gasteiger partial charge is 0.412 e. The fraction of sp³-hybridized carbons (Fsp3) is 1.00. The lowest BCUT2D eigenvalue weighted by molar-refractivity contribution is -0.166. The van der Waals surface area contributed by atoms with Gasteiger partial charge in [-0.2, -0.15) is 26.3 Å². The van der Waals surface area contributed by atoms with Gasteiger partial charge in [0.15, 0.2) is 38.2 Å². The minimum absolute atomic E-state index is 0.110. The standard InChI is InChI=1S/C9H27O3PSi3.C6H9F6O3P/c1-14(2,3)10-13(11-15(4,5)6)12-16(7,8)9;1-2-13-16(14-3-5(7,8)9)15-4-6(10,11)12/h1-9H3;2-4H2,1H3. The first-order chi connectivity index (χ1) is 13.9. The molecule has 0 aliphatic rings. The molecule has 196 valence electrons. The van der Waals surface area contributed by atoms with Crippen LogP contribution in [0, 0.1) is 0 Å². The van der Waals surface area contributed by atoms with Crippen molar-refractivity contribution < 1.29 is 52.6 Å². The summed E-state index contributed by atoms with van der Waals surface area (Å²) in [5.74, 6) is 0. The molecule has 0 N–H and O–H groups in total. The summed E-state index contributed by atoms with van der Waals surface area (Å²) in [6.45, 7) is 17.4. The Labute approximate surface area is 193 Å². The monoisotopic (exact) mass is 572 g/mol. The van der Waals surface area contributed by atoms with Gasteiger partial charge in [-0.25, -0.2) is 0 Å². The number of hydrogen-bond donors (Lipinski definition) is 0. The van der Waals surface area contributed by atoms with Gasteiger partial charge in [0.1, 0.15) is 0 Å². The van der Waals surface area contributed by atoms with E-state index in [-0.39, 0.29) is 6.61 Å². The van der Waals surface area contributed by atoms with E-state index >= 15 is 0 Å². The van der Waals surface area contributed by atoms with E-state index in [9.17, 15) is 26.3 Å². The lowest BCUT2D eigenvalue weighted by Crippen LogP contribution is -2.32. The van der Waals surface area contributed by atoms with Crippen molar-refractivity contribution in [1.29, 1.82) is 0 Å². The Hall–Kier alpha value is 0.851. The fourth-order valence-corrected chi connectivity index (χ4v) is 8.95. The zero-order chi connectivity index (χ0) is 26.0. The summed E-state index contributed by atoms with van der Waals surface area (Å²) in [7, 11) is -8.56. The van der Waals surface area contributed by atoms with Gasteiger partial charge in [-0.1, -0.05) is 0 Å². The zero-order valence-electron chi connectivity index (χ0n) is 20.2. The summed E-state index contributed by atoms with van der Waals surface area (Å²) in [6.07, 6.45) is -9.28. The molecule has 32 heavy (non-hydrogen) atoms. The second-order valence-corrected chi connectivity index (χ2v) is 25.8. The Balaban J connectivity index is 0.